The van der Waals surface area contributed by atoms with Crippen molar-refractivity contribution in [2.75, 3.05) is 18.4 Å². The van der Waals surface area contributed by atoms with Crippen molar-refractivity contribution in [2.24, 2.45) is 11.8 Å². The number of nitrogens with zero attached hydrogens (tertiary/aromatic N) is 1. The van der Waals surface area contributed by atoms with Gasteiger partial charge in [0.1, 0.15) is 0 Å². The largest absolute Gasteiger partial charge is 0.359 e. The second kappa shape index (κ2) is 7.64. The summed E-state index contributed by atoms with van der Waals surface area (Å²) in [7, 11) is 0. The number of fused-ring (bicyclic) bond motifs is 1. The Morgan fingerprint density at radius 1 is 1.05 bits per heavy atom. The number of nitrogens with one attached hydrogen (secondary N) is 2. The number of anilines is 1. The molecule has 1 saturated heterocycles. The number of hydrogen-bond donors (Lipinski definition) is 2. The van der Waals surface area contributed by atoms with Crippen LogP contribution in [0.1, 0.15) is 12.8 Å². The monoisotopic (exact) mass is 357 g/mol. The average molecular weight is 358 g/mol. The molecule has 2 heterocycles. The third-order valence-electron chi connectivity index (χ3n) is 4.55. The highest BCUT2D eigenvalue weighted by Gasteiger charge is 2.37. The molecular weight excluding hydrogens is 337 g/mol. The average Bonchev–Trinajstić information content (AvgIpc) is 3.16. The minimum atomic E-state index is 0. The lowest BCUT2D eigenvalue weighted by molar-refractivity contribution is 0.494. The van der Waals surface area contributed by atoms with Gasteiger partial charge in [-0.05, 0) is 43.3 Å². The number of halogens is 2. The van der Waals surface area contributed by atoms with Gasteiger partial charge in [0, 0.05) is 12.2 Å². The van der Waals surface area contributed by atoms with E-state index in [2.05, 4.69) is 45.9 Å². The van der Waals surface area contributed by atoms with Gasteiger partial charge in [-0.1, -0.05) is 41.7 Å². The minimum absolute atomic E-state index is 0. The molecule has 2 fully saturated rings. The van der Waals surface area contributed by atoms with E-state index in [9.17, 15) is 0 Å². The Hall–Kier alpha value is -0.810. The highest BCUT2D eigenvalue weighted by atomic mass is 35.5. The summed E-state index contributed by atoms with van der Waals surface area (Å²) in [6.45, 7) is 2.41. The molecule has 2 aromatic rings. The van der Waals surface area contributed by atoms with E-state index in [0.29, 0.717) is 6.04 Å². The number of thiazole rings is 1. The van der Waals surface area contributed by atoms with Crippen LogP contribution in [-0.4, -0.2) is 24.1 Å². The van der Waals surface area contributed by atoms with Gasteiger partial charge < -0.3 is 10.6 Å². The molecule has 2 N–H and O–H groups in total. The third-order valence-corrected chi connectivity index (χ3v) is 5.52. The summed E-state index contributed by atoms with van der Waals surface area (Å²) in [5.74, 6) is 1.75. The molecule has 1 aliphatic heterocycles. The highest BCUT2D eigenvalue weighted by molar-refractivity contribution is 7.18. The Bertz CT molecular complexity index is 578. The molecule has 2 aliphatic rings. The van der Waals surface area contributed by atoms with Gasteiger partial charge in [-0.25, -0.2) is 4.98 Å². The molecule has 1 aliphatic carbocycles. The molecule has 1 saturated carbocycles. The molecule has 3 nitrogen and oxygen atoms in total. The molecule has 0 amide bonds. The van der Waals surface area contributed by atoms with Gasteiger partial charge in [0.15, 0.2) is 5.13 Å². The number of rotatable bonds is 3. The van der Waals surface area contributed by atoms with Crippen LogP contribution in [0.3, 0.4) is 0 Å². The first-order chi connectivity index (χ1) is 9.88. The standard InChI is InChI=1S/C16H19N3S.2ClH/c1-2-4-11(5-3-1)15-10-18-16(20-15)19-14-6-12-8-17-9-13(12)7-14;;/h1-5,10,12-14,17H,6-9H2,(H,18,19);2*1H/t12-,13+,14-;;. The van der Waals surface area contributed by atoms with Crippen molar-refractivity contribution in [3.63, 3.8) is 0 Å². The Balaban J connectivity index is 0.000000882. The van der Waals surface area contributed by atoms with Gasteiger partial charge in [-0.2, -0.15) is 0 Å². The zero-order valence-corrected chi connectivity index (χ0v) is 14.6. The summed E-state index contributed by atoms with van der Waals surface area (Å²) in [5.41, 5.74) is 1.26. The summed E-state index contributed by atoms with van der Waals surface area (Å²) >= 11 is 1.76. The van der Waals surface area contributed by atoms with Crippen LogP contribution in [0.2, 0.25) is 0 Å². The predicted molar refractivity (Wildman–Crippen MR) is 98.5 cm³/mol. The lowest BCUT2D eigenvalue weighted by atomic mass is 10.0. The lowest BCUT2D eigenvalue weighted by Crippen LogP contribution is -2.20. The van der Waals surface area contributed by atoms with Crippen molar-refractivity contribution < 1.29 is 0 Å². The number of aromatic nitrogens is 1. The van der Waals surface area contributed by atoms with Gasteiger partial charge in [0.2, 0.25) is 0 Å². The molecule has 4 rings (SSSR count). The Morgan fingerprint density at radius 3 is 2.41 bits per heavy atom. The first kappa shape index (κ1) is 17.5. The summed E-state index contributed by atoms with van der Waals surface area (Å²) in [6, 6.07) is 11.1. The molecule has 120 valence electrons. The Labute approximate surface area is 147 Å². The van der Waals surface area contributed by atoms with Crippen molar-refractivity contribution in [3.8, 4) is 10.4 Å². The second-order valence-corrected chi connectivity index (χ2v) is 6.92. The van der Waals surface area contributed by atoms with E-state index in [1.165, 1.54) is 36.4 Å². The van der Waals surface area contributed by atoms with Crippen LogP contribution in [0.15, 0.2) is 36.5 Å². The molecule has 0 radical (unpaired) electrons. The molecule has 1 aromatic heterocycles. The zero-order chi connectivity index (χ0) is 13.4. The van der Waals surface area contributed by atoms with Gasteiger partial charge in [-0.15, -0.1) is 24.8 Å². The van der Waals surface area contributed by atoms with Gasteiger partial charge >= 0.3 is 0 Å². The molecular formula is C16H21Cl2N3S. The maximum atomic E-state index is 4.54. The summed E-state index contributed by atoms with van der Waals surface area (Å²) in [6.07, 6.45) is 4.56. The highest BCUT2D eigenvalue weighted by Crippen LogP contribution is 2.37. The normalized spacial score (nSPS) is 25.9. The minimum Gasteiger partial charge on any atom is -0.359 e. The fourth-order valence-electron chi connectivity index (χ4n) is 3.54. The smallest absolute Gasteiger partial charge is 0.183 e. The second-order valence-electron chi connectivity index (χ2n) is 5.89. The van der Waals surface area contributed by atoms with Crippen LogP contribution in [0.5, 0.6) is 0 Å². The van der Waals surface area contributed by atoms with Crippen LogP contribution in [-0.2, 0) is 0 Å². The van der Waals surface area contributed by atoms with Crippen LogP contribution >= 0.6 is 36.2 Å². The van der Waals surface area contributed by atoms with E-state index >= 15 is 0 Å². The van der Waals surface area contributed by atoms with E-state index in [-0.39, 0.29) is 24.8 Å². The van der Waals surface area contributed by atoms with Crippen molar-refractivity contribution in [1.29, 1.82) is 0 Å². The van der Waals surface area contributed by atoms with Crippen LogP contribution in [0.25, 0.3) is 10.4 Å². The molecule has 22 heavy (non-hydrogen) atoms. The van der Waals surface area contributed by atoms with Crippen molar-refractivity contribution >= 4 is 41.3 Å². The molecule has 3 atom stereocenters. The maximum absolute atomic E-state index is 4.54. The topological polar surface area (TPSA) is 37.0 Å². The summed E-state index contributed by atoms with van der Waals surface area (Å²) in [4.78, 5) is 5.79. The maximum Gasteiger partial charge on any atom is 0.183 e. The first-order valence-electron chi connectivity index (χ1n) is 7.37. The van der Waals surface area contributed by atoms with Crippen molar-refractivity contribution in [3.05, 3.63) is 36.5 Å². The Morgan fingerprint density at radius 2 is 1.73 bits per heavy atom. The van der Waals surface area contributed by atoms with E-state index in [0.717, 1.165) is 17.0 Å². The van der Waals surface area contributed by atoms with Crippen LogP contribution in [0, 0.1) is 11.8 Å². The van der Waals surface area contributed by atoms with E-state index in [4.69, 9.17) is 0 Å². The first-order valence-corrected chi connectivity index (χ1v) is 8.18. The molecule has 0 spiro atoms. The molecule has 0 unspecified atom stereocenters. The van der Waals surface area contributed by atoms with Gasteiger partial charge in [0.05, 0.1) is 4.88 Å². The predicted octanol–water partition coefficient (Wildman–Crippen LogP) is 4.06. The quantitative estimate of drug-likeness (QED) is 0.869. The fourth-order valence-corrected chi connectivity index (χ4v) is 4.43. The van der Waals surface area contributed by atoms with Crippen molar-refractivity contribution in [2.45, 2.75) is 18.9 Å². The zero-order valence-electron chi connectivity index (χ0n) is 12.2. The number of hydrogen-bond acceptors (Lipinski definition) is 4. The summed E-state index contributed by atoms with van der Waals surface area (Å²) < 4.78 is 0. The fraction of sp³-hybridized carbons (Fsp3) is 0.438. The van der Waals surface area contributed by atoms with E-state index < -0.39 is 0 Å². The number of benzene rings is 1. The van der Waals surface area contributed by atoms with Gasteiger partial charge in [-0.3, -0.25) is 0 Å². The van der Waals surface area contributed by atoms with Crippen LogP contribution in [0.4, 0.5) is 5.13 Å². The molecule has 1 aromatic carbocycles. The lowest BCUT2D eigenvalue weighted by Gasteiger charge is -2.12. The van der Waals surface area contributed by atoms with Crippen molar-refractivity contribution in [1.82, 2.24) is 10.3 Å². The van der Waals surface area contributed by atoms with Crippen LogP contribution < -0.4 is 10.6 Å². The SMILES string of the molecule is Cl.Cl.c1ccc(-c2cnc(N[C@H]3C[C@H]4CNC[C@H]4C3)s2)cc1. The Kier molecular flexibility index (Phi) is 6.09. The van der Waals surface area contributed by atoms with Gasteiger partial charge in [0.25, 0.3) is 0 Å². The van der Waals surface area contributed by atoms with E-state index in [1.54, 1.807) is 11.3 Å². The van der Waals surface area contributed by atoms with E-state index in [1.807, 2.05) is 6.20 Å². The molecule has 0 bridgehead atoms. The third kappa shape index (κ3) is 3.57. The summed E-state index contributed by atoms with van der Waals surface area (Å²) in [5, 5.41) is 8.20. The molecule has 6 heteroatoms.